The first-order valence-corrected chi connectivity index (χ1v) is 12.9. The zero-order valence-electron chi connectivity index (χ0n) is 19.8. The number of rotatable bonds is 8. The molecule has 1 heterocycles. The van der Waals surface area contributed by atoms with E-state index in [-0.39, 0.29) is 16.1 Å². The Hall–Kier alpha value is -3.72. The van der Waals surface area contributed by atoms with Crippen LogP contribution in [0.2, 0.25) is 0 Å². The fraction of sp³-hybridized carbons (Fsp3) is 0.269. The van der Waals surface area contributed by atoms with E-state index in [0.717, 1.165) is 36.5 Å². The van der Waals surface area contributed by atoms with Crippen molar-refractivity contribution >= 4 is 33.1 Å². The Morgan fingerprint density at radius 1 is 0.971 bits per heavy atom. The average Bonchev–Trinajstić information content (AvgIpc) is 2.88. The predicted molar refractivity (Wildman–Crippen MR) is 137 cm³/mol. The third-order valence-electron chi connectivity index (χ3n) is 6.17. The number of piperazine rings is 1. The molecule has 0 saturated carbocycles. The molecule has 1 saturated heterocycles. The van der Waals surface area contributed by atoms with Crippen LogP contribution in [0.3, 0.4) is 0 Å². The lowest BCUT2D eigenvalue weighted by atomic mass is 10.1. The van der Waals surface area contributed by atoms with Gasteiger partial charge < -0.3 is 19.6 Å². The molecular weight excluding hydrogens is 466 g/mol. The predicted octanol–water partition coefficient (Wildman–Crippen LogP) is 4.08. The monoisotopic (exact) mass is 495 g/mol. The number of carbonyl (C=O) groups is 1. The van der Waals surface area contributed by atoms with Gasteiger partial charge in [0.25, 0.3) is 10.0 Å². The van der Waals surface area contributed by atoms with E-state index in [4.69, 9.17) is 4.74 Å². The maximum absolute atomic E-state index is 13.1. The van der Waals surface area contributed by atoms with Crippen LogP contribution in [0.4, 0.5) is 17.1 Å². The third-order valence-corrected chi connectivity index (χ3v) is 7.55. The summed E-state index contributed by atoms with van der Waals surface area (Å²) in [6.45, 7) is 4.73. The molecule has 0 atom stereocenters. The van der Waals surface area contributed by atoms with Crippen LogP contribution in [0.1, 0.15) is 22.8 Å². The molecule has 2 N–H and O–H groups in total. The summed E-state index contributed by atoms with van der Waals surface area (Å²) >= 11 is 0. The number of hydrogen-bond donors (Lipinski definition) is 2. The number of carboxylic acids is 1. The van der Waals surface area contributed by atoms with E-state index in [9.17, 15) is 18.3 Å². The Morgan fingerprint density at radius 2 is 1.66 bits per heavy atom. The van der Waals surface area contributed by atoms with Crippen LogP contribution in [-0.2, 0) is 16.4 Å². The van der Waals surface area contributed by atoms with Crippen molar-refractivity contribution in [3.63, 3.8) is 0 Å². The first-order valence-electron chi connectivity index (χ1n) is 11.4. The van der Waals surface area contributed by atoms with Crippen LogP contribution < -0.4 is 19.3 Å². The van der Waals surface area contributed by atoms with Crippen molar-refractivity contribution < 1.29 is 23.1 Å². The summed E-state index contributed by atoms with van der Waals surface area (Å²) in [7, 11) is -2.26. The number of ether oxygens (including phenoxy) is 1. The summed E-state index contributed by atoms with van der Waals surface area (Å²) in [5, 5.41) is 9.48. The lowest BCUT2D eigenvalue weighted by molar-refractivity contribution is 0.0697. The topological polar surface area (TPSA) is 99.2 Å². The molecule has 4 rings (SSSR count). The summed E-state index contributed by atoms with van der Waals surface area (Å²) in [5.74, 6) is -0.329. The van der Waals surface area contributed by atoms with Gasteiger partial charge in [0, 0.05) is 37.9 Å². The van der Waals surface area contributed by atoms with Crippen molar-refractivity contribution in [2.75, 3.05) is 47.8 Å². The third kappa shape index (κ3) is 5.51. The number of anilines is 3. The van der Waals surface area contributed by atoms with Crippen LogP contribution in [0.15, 0.2) is 71.6 Å². The molecule has 0 radical (unpaired) electrons. The van der Waals surface area contributed by atoms with Crippen LogP contribution in [0, 0.1) is 0 Å². The van der Waals surface area contributed by atoms with Gasteiger partial charge in [0.2, 0.25) is 0 Å². The molecule has 1 aliphatic rings. The highest BCUT2D eigenvalue weighted by molar-refractivity contribution is 7.92. The number of nitrogens with zero attached hydrogens (tertiary/aromatic N) is 2. The molecule has 1 fully saturated rings. The number of benzene rings is 3. The molecule has 3 aromatic carbocycles. The highest BCUT2D eigenvalue weighted by Gasteiger charge is 2.23. The molecule has 8 nitrogen and oxygen atoms in total. The summed E-state index contributed by atoms with van der Waals surface area (Å²) in [6, 6.07) is 19.1. The van der Waals surface area contributed by atoms with Crippen LogP contribution >= 0.6 is 0 Å². The molecular formula is C26H29N3O5S. The van der Waals surface area contributed by atoms with Gasteiger partial charge >= 0.3 is 5.97 Å². The molecule has 0 aliphatic carbocycles. The molecule has 0 bridgehead atoms. The van der Waals surface area contributed by atoms with Crippen molar-refractivity contribution in [3.8, 4) is 5.75 Å². The number of methoxy groups -OCH3 is 1. The fourth-order valence-electron chi connectivity index (χ4n) is 4.15. The van der Waals surface area contributed by atoms with E-state index in [1.807, 2.05) is 31.2 Å². The average molecular weight is 496 g/mol. The molecule has 0 spiro atoms. The van der Waals surface area contributed by atoms with Gasteiger partial charge in [0.05, 0.1) is 28.9 Å². The van der Waals surface area contributed by atoms with Gasteiger partial charge in [0.1, 0.15) is 5.75 Å². The minimum Gasteiger partial charge on any atom is -0.497 e. The molecule has 35 heavy (non-hydrogen) atoms. The zero-order chi connectivity index (χ0) is 25.0. The largest absolute Gasteiger partial charge is 0.497 e. The van der Waals surface area contributed by atoms with E-state index in [0.29, 0.717) is 18.8 Å². The lowest BCUT2D eigenvalue weighted by Crippen LogP contribution is -2.46. The fourth-order valence-corrected chi connectivity index (χ4v) is 5.21. The van der Waals surface area contributed by atoms with Gasteiger partial charge in [-0.25, -0.2) is 13.2 Å². The Balaban J connectivity index is 1.58. The zero-order valence-corrected chi connectivity index (χ0v) is 20.6. The van der Waals surface area contributed by atoms with Crippen LogP contribution in [0.5, 0.6) is 5.75 Å². The Labute approximate surface area is 205 Å². The molecule has 3 aromatic rings. The Bertz CT molecular complexity index is 1300. The van der Waals surface area contributed by atoms with Crippen molar-refractivity contribution in [1.29, 1.82) is 0 Å². The van der Waals surface area contributed by atoms with Gasteiger partial charge in [-0.1, -0.05) is 25.1 Å². The highest BCUT2D eigenvalue weighted by Crippen LogP contribution is 2.31. The molecule has 0 unspecified atom stereocenters. The van der Waals surface area contributed by atoms with E-state index < -0.39 is 16.0 Å². The van der Waals surface area contributed by atoms with Crippen molar-refractivity contribution in [3.05, 3.63) is 77.9 Å². The highest BCUT2D eigenvalue weighted by atomic mass is 32.2. The number of aryl methyl sites for hydroxylation is 1. The maximum atomic E-state index is 13.1. The SMILES string of the molecule is CCc1ccc(S(=O)(=O)Nc2cc(C(=O)O)ccc2N2CCN(c3cccc(OC)c3)CC2)cc1. The number of aromatic carboxylic acids is 1. The van der Waals surface area contributed by atoms with Crippen LogP contribution in [0.25, 0.3) is 0 Å². The number of nitrogens with one attached hydrogen (secondary N) is 1. The lowest BCUT2D eigenvalue weighted by Gasteiger charge is -2.38. The maximum Gasteiger partial charge on any atom is 0.335 e. The van der Waals surface area contributed by atoms with E-state index >= 15 is 0 Å². The van der Waals surface area contributed by atoms with Gasteiger partial charge in [-0.3, -0.25) is 4.72 Å². The number of hydrogen-bond acceptors (Lipinski definition) is 6. The molecule has 0 aromatic heterocycles. The van der Waals surface area contributed by atoms with Gasteiger partial charge in [0.15, 0.2) is 0 Å². The summed E-state index contributed by atoms with van der Waals surface area (Å²) in [4.78, 5) is 16.0. The number of carboxylic acid groups (broad SMARTS) is 1. The smallest absolute Gasteiger partial charge is 0.335 e. The standard InChI is InChI=1S/C26H29N3O5S/c1-3-19-7-10-23(11-8-19)35(32,33)27-24-17-20(26(30)31)9-12-25(24)29-15-13-28(14-16-29)21-5-4-6-22(18-21)34-2/h4-12,17-18,27H,3,13-16H2,1-2H3,(H,30,31). The summed E-state index contributed by atoms with van der Waals surface area (Å²) < 4.78 is 34.2. The van der Waals surface area contributed by atoms with E-state index in [1.54, 1.807) is 37.4 Å². The molecule has 184 valence electrons. The van der Waals surface area contributed by atoms with Crippen molar-refractivity contribution in [1.82, 2.24) is 0 Å². The van der Waals surface area contributed by atoms with E-state index in [1.165, 1.54) is 12.1 Å². The summed E-state index contributed by atoms with van der Waals surface area (Å²) in [5.41, 5.74) is 3.00. The van der Waals surface area contributed by atoms with Crippen molar-refractivity contribution in [2.24, 2.45) is 0 Å². The van der Waals surface area contributed by atoms with E-state index in [2.05, 4.69) is 14.5 Å². The first kappa shape index (κ1) is 24.4. The second kappa shape index (κ2) is 10.3. The van der Waals surface area contributed by atoms with Crippen molar-refractivity contribution in [2.45, 2.75) is 18.2 Å². The second-order valence-corrected chi connectivity index (χ2v) is 10.00. The Kier molecular flexibility index (Phi) is 7.16. The van der Waals surface area contributed by atoms with Gasteiger partial charge in [-0.2, -0.15) is 0 Å². The second-order valence-electron chi connectivity index (χ2n) is 8.32. The summed E-state index contributed by atoms with van der Waals surface area (Å²) in [6.07, 6.45) is 0.806. The minimum absolute atomic E-state index is 0.0165. The number of sulfonamides is 1. The quantitative estimate of drug-likeness (QED) is 0.486. The molecule has 1 aliphatic heterocycles. The molecule has 0 amide bonds. The van der Waals surface area contributed by atoms with Gasteiger partial charge in [-0.05, 0) is 54.4 Å². The van der Waals surface area contributed by atoms with Crippen LogP contribution in [-0.4, -0.2) is 52.8 Å². The first-order chi connectivity index (χ1) is 16.8. The minimum atomic E-state index is -3.90. The van der Waals surface area contributed by atoms with Gasteiger partial charge in [-0.15, -0.1) is 0 Å². The molecule has 9 heteroatoms. The normalized spacial score (nSPS) is 14.0. The Morgan fingerprint density at radius 3 is 2.29 bits per heavy atom.